The molecule has 2 N–H and O–H groups in total. The van der Waals surface area contributed by atoms with Crippen LogP contribution < -0.4 is 0 Å². The van der Waals surface area contributed by atoms with Gasteiger partial charge in [-0.05, 0) is 76.5 Å². The molecule has 0 heterocycles. The fourth-order valence-electron chi connectivity index (χ4n) is 7.59. The van der Waals surface area contributed by atoms with E-state index in [9.17, 15) is 24.6 Å². The Morgan fingerprint density at radius 2 is 1.83 bits per heavy atom. The maximum absolute atomic E-state index is 17.1. The summed E-state index contributed by atoms with van der Waals surface area (Å²) in [5.74, 6) is -3.94. The van der Waals surface area contributed by atoms with Crippen LogP contribution in [-0.2, 0) is 19.1 Å². The van der Waals surface area contributed by atoms with E-state index in [-0.39, 0.29) is 24.8 Å². The SMILES string of the molecule is C[C@@H]1CC2C3C[C@H](F)C4=CC(=O)C=CC4(C)[C@@]3(F)C(O)CC2(C)[C@@]1(O)C(=O)COC(=O)C(C)(C)C. The molecule has 4 aliphatic rings. The van der Waals surface area contributed by atoms with Gasteiger partial charge < -0.3 is 14.9 Å². The van der Waals surface area contributed by atoms with Crippen LogP contribution in [0.15, 0.2) is 23.8 Å². The topological polar surface area (TPSA) is 101 Å². The molecule has 0 amide bonds. The average Bonchev–Trinajstić information content (AvgIpc) is 2.96. The van der Waals surface area contributed by atoms with Crippen molar-refractivity contribution < 1.29 is 38.1 Å². The van der Waals surface area contributed by atoms with Gasteiger partial charge in [0, 0.05) is 16.7 Å². The van der Waals surface area contributed by atoms with Crippen LogP contribution in [0.1, 0.15) is 60.8 Å². The molecule has 0 aromatic heterocycles. The van der Waals surface area contributed by atoms with E-state index in [0.717, 1.165) is 6.08 Å². The van der Waals surface area contributed by atoms with Crippen molar-refractivity contribution in [2.45, 2.75) is 84.4 Å². The number of fused-ring (bicyclic) bond motifs is 5. The zero-order valence-corrected chi connectivity index (χ0v) is 21.2. The molecule has 5 unspecified atom stereocenters. The Kier molecular flexibility index (Phi) is 5.81. The molecular weight excluding hydrogens is 458 g/mol. The van der Waals surface area contributed by atoms with Crippen LogP contribution in [0.5, 0.6) is 0 Å². The number of Topliss-reactive ketones (excluding diaryl/α,β-unsaturated/α-hetero) is 1. The molecule has 3 saturated carbocycles. The summed E-state index contributed by atoms with van der Waals surface area (Å²) in [4.78, 5) is 37.5. The van der Waals surface area contributed by atoms with Gasteiger partial charge in [-0.25, -0.2) is 8.78 Å². The third-order valence-corrected chi connectivity index (χ3v) is 9.58. The lowest BCUT2D eigenvalue weighted by atomic mass is 9.44. The van der Waals surface area contributed by atoms with E-state index in [1.807, 2.05) is 0 Å². The van der Waals surface area contributed by atoms with E-state index < -0.39 is 81.7 Å². The Bertz CT molecular complexity index is 1030. The molecule has 4 rings (SSSR count). The quantitative estimate of drug-likeness (QED) is 0.583. The van der Waals surface area contributed by atoms with Crippen LogP contribution in [0.25, 0.3) is 0 Å². The Morgan fingerprint density at radius 3 is 2.43 bits per heavy atom. The molecule has 0 aliphatic heterocycles. The molecule has 0 radical (unpaired) electrons. The van der Waals surface area contributed by atoms with E-state index in [0.29, 0.717) is 0 Å². The molecule has 9 atom stereocenters. The maximum Gasteiger partial charge on any atom is 0.311 e. The number of aliphatic hydroxyl groups excluding tert-OH is 1. The molecule has 0 bridgehead atoms. The number of rotatable bonds is 3. The number of aliphatic hydroxyl groups is 2. The van der Waals surface area contributed by atoms with Gasteiger partial charge in [0.15, 0.2) is 18.1 Å². The molecule has 0 aromatic carbocycles. The molecule has 4 aliphatic carbocycles. The Hall–Kier alpha value is -1.93. The van der Waals surface area contributed by atoms with Crippen LogP contribution in [0.3, 0.4) is 0 Å². The lowest BCUT2D eigenvalue weighted by Crippen LogP contribution is -2.70. The van der Waals surface area contributed by atoms with Crippen molar-refractivity contribution in [1.29, 1.82) is 0 Å². The first kappa shape index (κ1) is 26.1. The number of hydrogen-bond acceptors (Lipinski definition) is 6. The Morgan fingerprint density at radius 1 is 1.20 bits per heavy atom. The van der Waals surface area contributed by atoms with Gasteiger partial charge in [0.05, 0.1) is 11.5 Å². The molecule has 35 heavy (non-hydrogen) atoms. The highest BCUT2D eigenvalue weighted by Crippen LogP contribution is 2.70. The van der Waals surface area contributed by atoms with Crippen molar-refractivity contribution in [2.24, 2.45) is 34.0 Å². The van der Waals surface area contributed by atoms with E-state index in [4.69, 9.17) is 4.74 Å². The third kappa shape index (κ3) is 3.28. The van der Waals surface area contributed by atoms with Gasteiger partial charge in [-0.1, -0.05) is 19.9 Å². The zero-order valence-electron chi connectivity index (χ0n) is 21.2. The van der Waals surface area contributed by atoms with Crippen molar-refractivity contribution in [2.75, 3.05) is 6.61 Å². The van der Waals surface area contributed by atoms with Crippen molar-refractivity contribution in [3.8, 4) is 0 Å². The highest BCUT2D eigenvalue weighted by molar-refractivity contribution is 6.01. The molecule has 3 fully saturated rings. The second-order valence-electron chi connectivity index (χ2n) is 12.5. The van der Waals surface area contributed by atoms with Gasteiger partial charge in [0.25, 0.3) is 0 Å². The molecule has 8 heteroatoms. The number of ketones is 2. The van der Waals surface area contributed by atoms with Crippen molar-refractivity contribution in [1.82, 2.24) is 0 Å². The number of hydrogen-bond donors (Lipinski definition) is 2. The fourth-order valence-corrected chi connectivity index (χ4v) is 7.59. The lowest BCUT2D eigenvalue weighted by molar-refractivity contribution is -0.224. The van der Waals surface area contributed by atoms with Gasteiger partial charge in [0.1, 0.15) is 11.8 Å². The van der Waals surface area contributed by atoms with Crippen molar-refractivity contribution in [3.63, 3.8) is 0 Å². The molecule has 0 spiro atoms. The summed E-state index contributed by atoms with van der Waals surface area (Å²) in [5.41, 5.74) is -7.87. The molecule has 0 aromatic rings. The summed E-state index contributed by atoms with van der Waals surface area (Å²) in [6.07, 6.45) is 0.249. The summed E-state index contributed by atoms with van der Waals surface area (Å²) in [7, 11) is 0. The average molecular weight is 495 g/mol. The van der Waals surface area contributed by atoms with E-state index in [1.54, 1.807) is 34.6 Å². The highest BCUT2D eigenvalue weighted by Gasteiger charge is 2.76. The molecule has 0 saturated heterocycles. The van der Waals surface area contributed by atoms with E-state index in [2.05, 4.69) is 0 Å². The summed E-state index contributed by atoms with van der Waals surface area (Å²) in [6.45, 7) is 9.15. The molecule has 194 valence electrons. The van der Waals surface area contributed by atoms with Gasteiger partial charge in [-0.3, -0.25) is 14.4 Å². The number of ether oxygens (including phenoxy) is 1. The summed E-state index contributed by atoms with van der Waals surface area (Å²) in [5, 5.41) is 23.2. The van der Waals surface area contributed by atoms with Crippen LogP contribution in [0, 0.1) is 34.0 Å². The van der Waals surface area contributed by atoms with Crippen LogP contribution >= 0.6 is 0 Å². The summed E-state index contributed by atoms with van der Waals surface area (Å²) in [6, 6.07) is 0. The molecule has 6 nitrogen and oxygen atoms in total. The molecular formula is C27H36F2O6. The number of alkyl halides is 2. The summed E-state index contributed by atoms with van der Waals surface area (Å²) < 4.78 is 37.8. The minimum absolute atomic E-state index is 0.0258. The van der Waals surface area contributed by atoms with Crippen molar-refractivity contribution in [3.05, 3.63) is 23.8 Å². The second-order valence-corrected chi connectivity index (χ2v) is 12.5. The van der Waals surface area contributed by atoms with Crippen molar-refractivity contribution >= 4 is 17.5 Å². The second kappa shape index (κ2) is 7.78. The fraction of sp³-hybridized carbons (Fsp3) is 0.741. The largest absolute Gasteiger partial charge is 0.457 e. The highest BCUT2D eigenvalue weighted by atomic mass is 19.1. The van der Waals surface area contributed by atoms with Gasteiger partial charge in [-0.2, -0.15) is 0 Å². The normalized spacial score (nSPS) is 46.9. The first-order valence-electron chi connectivity index (χ1n) is 12.3. The predicted molar refractivity (Wildman–Crippen MR) is 124 cm³/mol. The first-order valence-corrected chi connectivity index (χ1v) is 12.3. The van der Waals surface area contributed by atoms with E-state index >= 15 is 8.78 Å². The minimum atomic E-state index is -2.28. The number of carbonyl (C=O) groups excluding carboxylic acids is 3. The number of carbonyl (C=O) groups is 3. The number of halogens is 2. The Labute approximate surface area is 204 Å². The minimum Gasteiger partial charge on any atom is -0.457 e. The third-order valence-electron chi connectivity index (χ3n) is 9.58. The monoisotopic (exact) mass is 494 g/mol. The zero-order chi connectivity index (χ0) is 26.4. The van der Waals surface area contributed by atoms with Crippen LogP contribution in [0.4, 0.5) is 8.78 Å². The number of esters is 1. The summed E-state index contributed by atoms with van der Waals surface area (Å²) >= 11 is 0. The van der Waals surface area contributed by atoms with Gasteiger partial charge >= 0.3 is 5.97 Å². The lowest BCUT2D eigenvalue weighted by Gasteiger charge is -2.63. The van der Waals surface area contributed by atoms with E-state index in [1.165, 1.54) is 19.1 Å². The Balaban J connectivity index is 1.72. The smallest absolute Gasteiger partial charge is 0.311 e. The number of allylic oxidation sites excluding steroid dienone is 4. The maximum atomic E-state index is 17.1. The van der Waals surface area contributed by atoms with Crippen LogP contribution in [0.2, 0.25) is 0 Å². The van der Waals surface area contributed by atoms with Gasteiger partial charge in [0.2, 0.25) is 5.78 Å². The van der Waals surface area contributed by atoms with Crippen LogP contribution in [-0.4, -0.2) is 57.9 Å². The predicted octanol–water partition coefficient (Wildman–Crippen LogP) is 3.44. The first-order chi connectivity index (χ1) is 15.9. The van der Waals surface area contributed by atoms with Gasteiger partial charge in [-0.15, -0.1) is 0 Å². The standard InChI is InChI=1S/C27H36F2O6/c1-14-9-16-17-11-19(28)18-10-15(30)7-8-24(18,5)26(17,29)20(31)12-25(16,6)27(14,34)21(32)13-35-22(33)23(2,3)4/h7-8,10,14,16-17,19-20,31,34H,9,11-13H2,1-6H3/t14-,16?,17?,19+,20?,24?,25?,26+,27+/m1/s1.